The molecule has 0 unspecified atom stereocenters. The molecule has 3 rings (SSSR count). The minimum Gasteiger partial charge on any atom is -0.410 e. The lowest BCUT2D eigenvalue weighted by Crippen LogP contribution is -2.49. The first-order valence-electron chi connectivity index (χ1n) is 11.7. The number of ether oxygens (including phenoxy) is 1. The summed E-state index contributed by atoms with van der Waals surface area (Å²) in [5.74, 6) is 0.327. The lowest BCUT2D eigenvalue weighted by Gasteiger charge is -2.33. The van der Waals surface area contributed by atoms with Gasteiger partial charge in [-0.1, -0.05) is 26.8 Å². The summed E-state index contributed by atoms with van der Waals surface area (Å²) >= 11 is 0. The van der Waals surface area contributed by atoms with E-state index in [0.717, 1.165) is 38.2 Å². The quantitative estimate of drug-likeness (QED) is 0.689. The molecule has 0 spiro atoms. The highest BCUT2D eigenvalue weighted by Gasteiger charge is 2.22. The van der Waals surface area contributed by atoms with Gasteiger partial charge in [0.1, 0.15) is 5.75 Å². The van der Waals surface area contributed by atoms with Crippen molar-refractivity contribution < 1.29 is 14.3 Å². The van der Waals surface area contributed by atoms with Gasteiger partial charge in [0.05, 0.1) is 0 Å². The Kier molecular flexibility index (Phi) is 8.44. The second-order valence-electron chi connectivity index (χ2n) is 9.86. The number of pyridine rings is 1. The predicted octanol–water partition coefficient (Wildman–Crippen LogP) is 3.92. The molecule has 0 atom stereocenters. The number of piperazine rings is 1. The van der Waals surface area contributed by atoms with Crippen LogP contribution in [0.15, 0.2) is 42.6 Å². The molecule has 0 bridgehead atoms. The Morgan fingerprint density at radius 1 is 1.03 bits per heavy atom. The molecule has 7 nitrogen and oxygen atoms in total. The van der Waals surface area contributed by atoms with Gasteiger partial charge < -0.3 is 15.0 Å². The van der Waals surface area contributed by atoms with Gasteiger partial charge in [0.15, 0.2) is 0 Å². The van der Waals surface area contributed by atoms with Crippen LogP contribution >= 0.6 is 0 Å². The maximum atomic E-state index is 12.5. The summed E-state index contributed by atoms with van der Waals surface area (Å²) in [6, 6.07) is 10.9. The van der Waals surface area contributed by atoms with Crippen LogP contribution in [-0.4, -0.2) is 66.1 Å². The fraction of sp³-hybridized carbons (Fsp3) is 0.500. The highest BCUT2D eigenvalue weighted by Crippen LogP contribution is 2.18. The van der Waals surface area contributed by atoms with Crippen LogP contribution in [0.3, 0.4) is 0 Å². The number of nitrogens with zero attached hydrogens (tertiary/aromatic N) is 3. The normalized spacial score (nSPS) is 14.7. The topological polar surface area (TPSA) is 74.8 Å². The number of aromatic nitrogens is 1. The molecule has 0 aliphatic carbocycles. The molecular formula is C26H36N4O3. The van der Waals surface area contributed by atoms with Gasteiger partial charge in [0.2, 0.25) is 0 Å². The van der Waals surface area contributed by atoms with E-state index in [4.69, 9.17) is 4.74 Å². The van der Waals surface area contributed by atoms with E-state index in [2.05, 4.69) is 48.1 Å². The van der Waals surface area contributed by atoms with Gasteiger partial charge in [-0.25, -0.2) is 4.79 Å². The molecule has 1 N–H and O–H groups in total. The lowest BCUT2D eigenvalue weighted by atomic mass is 9.92. The molecule has 1 aromatic heterocycles. The van der Waals surface area contributed by atoms with E-state index in [1.165, 1.54) is 5.56 Å². The van der Waals surface area contributed by atoms with E-state index >= 15 is 0 Å². The summed E-state index contributed by atoms with van der Waals surface area (Å²) in [6.07, 6.45) is 3.36. The maximum absolute atomic E-state index is 12.5. The van der Waals surface area contributed by atoms with Crippen molar-refractivity contribution in [3.05, 3.63) is 59.4 Å². The van der Waals surface area contributed by atoms with E-state index in [-0.39, 0.29) is 17.4 Å². The van der Waals surface area contributed by atoms with Crippen molar-refractivity contribution in [1.82, 2.24) is 20.1 Å². The van der Waals surface area contributed by atoms with Gasteiger partial charge in [0, 0.05) is 63.1 Å². The molecule has 0 radical (unpaired) electrons. The van der Waals surface area contributed by atoms with Crippen LogP contribution in [0.5, 0.6) is 5.75 Å². The van der Waals surface area contributed by atoms with Crippen LogP contribution in [0.2, 0.25) is 0 Å². The van der Waals surface area contributed by atoms with Crippen LogP contribution in [0, 0.1) is 12.3 Å². The second kappa shape index (κ2) is 11.3. The zero-order valence-corrected chi connectivity index (χ0v) is 20.3. The Hall–Kier alpha value is -2.93. The molecule has 1 aliphatic heterocycles. The third kappa shape index (κ3) is 8.17. The fourth-order valence-corrected chi connectivity index (χ4v) is 3.57. The number of amides is 2. The number of benzene rings is 1. The number of hydrogen-bond acceptors (Lipinski definition) is 5. The van der Waals surface area contributed by atoms with Crippen molar-refractivity contribution in [2.24, 2.45) is 5.41 Å². The van der Waals surface area contributed by atoms with Crippen molar-refractivity contribution in [3.8, 4) is 5.75 Å². The Balaban J connectivity index is 1.39. The zero-order valence-electron chi connectivity index (χ0n) is 20.3. The van der Waals surface area contributed by atoms with Crippen LogP contribution < -0.4 is 10.1 Å². The number of hydrogen-bond donors (Lipinski definition) is 1. The first-order chi connectivity index (χ1) is 15.7. The molecule has 7 heteroatoms. The van der Waals surface area contributed by atoms with E-state index in [1.807, 2.05) is 13.1 Å². The fourth-order valence-electron chi connectivity index (χ4n) is 3.57. The highest BCUT2D eigenvalue weighted by atomic mass is 16.6. The summed E-state index contributed by atoms with van der Waals surface area (Å²) in [6.45, 7) is 12.9. The summed E-state index contributed by atoms with van der Waals surface area (Å²) in [5, 5.41) is 2.93. The number of carbonyl (C=O) groups is 2. The molecular weight excluding hydrogens is 416 g/mol. The summed E-state index contributed by atoms with van der Waals surface area (Å²) in [7, 11) is 0. The highest BCUT2D eigenvalue weighted by molar-refractivity contribution is 5.94. The molecule has 1 aromatic carbocycles. The molecule has 33 heavy (non-hydrogen) atoms. The molecule has 2 amide bonds. The molecule has 1 fully saturated rings. The average Bonchev–Trinajstić information content (AvgIpc) is 2.78. The minimum atomic E-state index is -0.350. The van der Waals surface area contributed by atoms with Crippen LogP contribution in [0.25, 0.3) is 0 Å². The third-order valence-electron chi connectivity index (χ3n) is 5.77. The van der Waals surface area contributed by atoms with Gasteiger partial charge in [0.25, 0.3) is 5.91 Å². The summed E-state index contributed by atoms with van der Waals surface area (Å²) < 4.78 is 5.52. The molecule has 2 heterocycles. The SMILES string of the molecule is Cc1ccc(CCN2CCN(C(=O)Oc3ccc(C(=O)NCCC(C)(C)C)cc3)CC2)nc1. The zero-order chi connectivity index (χ0) is 23.8. The standard InChI is InChI=1S/C26H36N4O3/c1-20-5-8-22(28-19-20)11-14-29-15-17-30(18-16-29)25(32)33-23-9-6-21(7-10-23)24(31)27-13-12-26(2,3)4/h5-10,19H,11-18H2,1-4H3,(H,27,31). The molecule has 0 saturated carbocycles. The third-order valence-corrected chi connectivity index (χ3v) is 5.77. The van der Waals surface area contributed by atoms with Crippen molar-refractivity contribution in [2.45, 2.75) is 40.5 Å². The van der Waals surface area contributed by atoms with Gasteiger partial charge in [-0.3, -0.25) is 14.7 Å². The van der Waals surface area contributed by atoms with Crippen molar-refractivity contribution in [3.63, 3.8) is 0 Å². The number of rotatable bonds is 7. The Morgan fingerprint density at radius 2 is 1.73 bits per heavy atom. The van der Waals surface area contributed by atoms with E-state index in [0.29, 0.717) is 30.9 Å². The van der Waals surface area contributed by atoms with Crippen LogP contribution in [0.4, 0.5) is 4.79 Å². The van der Waals surface area contributed by atoms with Gasteiger partial charge in [-0.05, 0) is 54.7 Å². The van der Waals surface area contributed by atoms with Crippen molar-refractivity contribution in [2.75, 3.05) is 39.3 Å². The molecule has 2 aromatic rings. The largest absolute Gasteiger partial charge is 0.415 e. The van der Waals surface area contributed by atoms with Crippen molar-refractivity contribution >= 4 is 12.0 Å². The number of aryl methyl sites for hydroxylation is 1. The van der Waals surface area contributed by atoms with E-state index < -0.39 is 0 Å². The number of nitrogens with one attached hydrogen (secondary N) is 1. The average molecular weight is 453 g/mol. The first-order valence-corrected chi connectivity index (χ1v) is 11.7. The molecule has 178 valence electrons. The van der Waals surface area contributed by atoms with Crippen LogP contribution in [-0.2, 0) is 6.42 Å². The van der Waals surface area contributed by atoms with E-state index in [9.17, 15) is 9.59 Å². The second-order valence-corrected chi connectivity index (χ2v) is 9.86. The summed E-state index contributed by atoms with van der Waals surface area (Å²) in [4.78, 5) is 33.3. The lowest BCUT2D eigenvalue weighted by molar-refractivity contribution is 0.0949. The minimum absolute atomic E-state index is 0.117. The van der Waals surface area contributed by atoms with Gasteiger partial charge in [-0.2, -0.15) is 0 Å². The molecule has 1 aliphatic rings. The predicted molar refractivity (Wildman–Crippen MR) is 130 cm³/mol. The molecule has 1 saturated heterocycles. The Labute approximate surface area is 197 Å². The van der Waals surface area contributed by atoms with Gasteiger partial charge >= 0.3 is 6.09 Å². The first kappa shape index (κ1) is 24.7. The number of carbonyl (C=O) groups excluding carboxylic acids is 2. The van der Waals surface area contributed by atoms with Gasteiger partial charge in [-0.15, -0.1) is 0 Å². The Bertz CT molecular complexity index is 912. The van der Waals surface area contributed by atoms with Crippen molar-refractivity contribution in [1.29, 1.82) is 0 Å². The summed E-state index contributed by atoms with van der Waals surface area (Å²) in [5.41, 5.74) is 2.99. The van der Waals surface area contributed by atoms with Crippen LogP contribution in [0.1, 0.15) is 48.8 Å². The smallest absolute Gasteiger partial charge is 0.410 e. The van der Waals surface area contributed by atoms with E-state index in [1.54, 1.807) is 29.2 Å². The Morgan fingerprint density at radius 3 is 2.33 bits per heavy atom. The monoisotopic (exact) mass is 452 g/mol. The maximum Gasteiger partial charge on any atom is 0.415 e.